The van der Waals surface area contributed by atoms with Gasteiger partial charge in [0.2, 0.25) is 0 Å². The van der Waals surface area contributed by atoms with E-state index in [1.54, 1.807) is 7.11 Å². The van der Waals surface area contributed by atoms with E-state index in [4.69, 9.17) is 9.47 Å². The lowest BCUT2D eigenvalue weighted by atomic mass is 10.2. The molecule has 1 aliphatic heterocycles. The molecule has 0 radical (unpaired) electrons. The second kappa shape index (κ2) is 15.7. The van der Waals surface area contributed by atoms with Gasteiger partial charge in [0.1, 0.15) is 0 Å². The molecule has 0 unspecified atom stereocenters. The van der Waals surface area contributed by atoms with E-state index < -0.39 is 0 Å². The minimum atomic E-state index is 0. The molecule has 0 aliphatic carbocycles. The van der Waals surface area contributed by atoms with Crippen molar-refractivity contribution in [2.24, 2.45) is 4.99 Å². The molecule has 0 bridgehead atoms. The van der Waals surface area contributed by atoms with Gasteiger partial charge in [0, 0.05) is 60.0 Å². The van der Waals surface area contributed by atoms with E-state index in [9.17, 15) is 0 Å². The van der Waals surface area contributed by atoms with Crippen molar-refractivity contribution in [3.8, 4) is 0 Å². The summed E-state index contributed by atoms with van der Waals surface area (Å²) >= 11 is 0. The zero-order valence-electron chi connectivity index (χ0n) is 17.2. The van der Waals surface area contributed by atoms with Gasteiger partial charge < -0.3 is 19.7 Å². The van der Waals surface area contributed by atoms with Crippen molar-refractivity contribution in [2.45, 2.75) is 6.42 Å². The molecule has 6 nitrogen and oxygen atoms in total. The van der Waals surface area contributed by atoms with Crippen LogP contribution in [0.4, 0.5) is 0 Å². The summed E-state index contributed by atoms with van der Waals surface area (Å²) in [4.78, 5) is 9.24. The van der Waals surface area contributed by atoms with E-state index in [0.717, 1.165) is 58.3 Å². The number of rotatable bonds is 10. The zero-order chi connectivity index (χ0) is 19.2. The number of nitrogens with zero attached hydrogens (tertiary/aromatic N) is 3. The highest BCUT2D eigenvalue weighted by Gasteiger charge is 2.18. The monoisotopic (exact) mass is 502 g/mol. The molecule has 1 fully saturated rings. The molecule has 158 valence electrons. The lowest BCUT2D eigenvalue weighted by Gasteiger charge is -2.36. The molecule has 0 aromatic heterocycles. The normalized spacial score (nSPS) is 15.6. The lowest BCUT2D eigenvalue weighted by molar-refractivity contribution is 0.0697. The first-order chi connectivity index (χ1) is 13.3. The van der Waals surface area contributed by atoms with E-state index in [0.29, 0.717) is 13.2 Å². The molecule has 1 aromatic carbocycles. The van der Waals surface area contributed by atoms with E-state index in [1.165, 1.54) is 5.56 Å². The quantitative estimate of drug-likeness (QED) is 0.231. The molecule has 1 aromatic rings. The largest absolute Gasteiger partial charge is 0.382 e. The number of piperazine rings is 1. The van der Waals surface area contributed by atoms with Gasteiger partial charge >= 0.3 is 0 Å². The third-order valence-electron chi connectivity index (χ3n) is 4.54. The van der Waals surface area contributed by atoms with E-state index >= 15 is 0 Å². The third-order valence-corrected chi connectivity index (χ3v) is 4.54. The third kappa shape index (κ3) is 9.86. The summed E-state index contributed by atoms with van der Waals surface area (Å²) in [7, 11) is 3.54. The van der Waals surface area contributed by atoms with Gasteiger partial charge in [-0.2, -0.15) is 0 Å². The number of methoxy groups -OCH3 is 1. The first-order valence-corrected chi connectivity index (χ1v) is 9.79. The topological polar surface area (TPSA) is 49.3 Å². The van der Waals surface area contributed by atoms with Gasteiger partial charge in [0.15, 0.2) is 5.96 Å². The van der Waals surface area contributed by atoms with Crippen LogP contribution in [0.3, 0.4) is 0 Å². The average Bonchev–Trinajstić information content (AvgIpc) is 2.72. The number of benzene rings is 1. The predicted octanol–water partition coefficient (Wildman–Crippen LogP) is 2.56. The number of ether oxygens (including phenoxy) is 2. The second-order valence-electron chi connectivity index (χ2n) is 6.53. The maximum atomic E-state index is 5.49. The van der Waals surface area contributed by atoms with Crippen LogP contribution in [-0.2, 0) is 9.47 Å². The Morgan fingerprint density at radius 2 is 1.86 bits per heavy atom. The Hall–Kier alpha value is -1.16. The highest BCUT2D eigenvalue weighted by atomic mass is 127. The van der Waals surface area contributed by atoms with E-state index in [-0.39, 0.29) is 24.0 Å². The maximum Gasteiger partial charge on any atom is 0.193 e. The van der Waals surface area contributed by atoms with Crippen molar-refractivity contribution >= 4 is 36.0 Å². The summed E-state index contributed by atoms with van der Waals surface area (Å²) in [6, 6.07) is 10.5. The van der Waals surface area contributed by atoms with Crippen LogP contribution < -0.4 is 5.32 Å². The number of halogens is 1. The van der Waals surface area contributed by atoms with Crippen molar-refractivity contribution in [2.75, 3.05) is 73.2 Å². The Morgan fingerprint density at radius 1 is 1.11 bits per heavy atom. The van der Waals surface area contributed by atoms with Crippen LogP contribution in [0.1, 0.15) is 12.0 Å². The van der Waals surface area contributed by atoms with Crippen LogP contribution in [0.5, 0.6) is 0 Å². The molecule has 1 heterocycles. The summed E-state index contributed by atoms with van der Waals surface area (Å²) in [6.45, 7) is 8.04. The van der Waals surface area contributed by atoms with Gasteiger partial charge in [-0.3, -0.25) is 9.89 Å². The summed E-state index contributed by atoms with van der Waals surface area (Å²) in [5.41, 5.74) is 1.26. The molecule has 0 spiro atoms. The number of guanidine groups is 1. The number of hydrogen-bond acceptors (Lipinski definition) is 4. The van der Waals surface area contributed by atoms with Crippen molar-refractivity contribution in [1.29, 1.82) is 0 Å². The first kappa shape index (κ1) is 24.9. The summed E-state index contributed by atoms with van der Waals surface area (Å²) in [5.74, 6) is 0.992. The second-order valence-corrected chi connectivity index (χ2v) is 6.53. The van der Waals surface area contributed by atoms with Gasteiger partial charge in [0.25, 0.3) is 0 Å². The van der Waals surface area contributed by atoms with E-state index in [2.05, 4.69) is 56.5 Å². The number of hydrogen-bond donors (Lipinski definition) is 1. The van der Waals surface area contributed by atoms with Gasteiger partial charge in [0.05, 0.1) is 13.2 Å². The molecule has 0 amide bonds. The van der Waals surface area contributed by atoms with Crippen LogP contribution in [0.2, 0.25) is 0 Å². The summed E-state index contributed by atoms with van der Waals surface area (Å²) < 4.78 is 10.5. The highest BCUT2D eigenvalue weighted by molar-refractivity contribution is 14.0. The van der Waals surface area contributed by atoms with Gasteiger partial charge in [-0.15, -0.1) is 24.0 Å². The molecule has 7 heteroatoms. The Morgan fingerprint density at radius 3 is 2.54 bits per heavy atom. The Kier molecular flexibility index (Phi) is 14.0. The van der Waals surface area contributed by atoms with Crippen LogP contribution in [0.15, 0.2) is 41.4 Å². The van der Waals surface area contributed by atoms with E-state index in [1.807, 2.05) is 13.1 Å². The van der Waals surface area contributed by atoms with Crippen molar-refractivity contribution in [3.05, 3.63) is 42.0 Å². The smallest absolute Gasteiger partial charge is 0.193 e. The highest BCUT2D eigenvalue weighted by Crippen LogP contribution is 2.05. The van der Waals surface area contributed by atoms with Crippen LogP contribution in [0.25, 0.3) is 6.08 Å². The maximum absolute atomic E-state index is 5.49. The standard InChI is InChI=1S/C21H34N4O2.HI/c1-22-21(23-11-7-17-27-19-18-26-2)25-15-13-24(14-16-25)12-6-10-20-8-4-3-5-9-20;/h3-6,8-10H,7,11-19H2,1-2H3,(H,22,23);1H/b10-6+;. The van der Waals surface area contributed by atoms with Gasteiger partial charge in [-0.1, -0.05) is 42.5 Å². The summed E-state index contributed by atoms with van der Waals surface area (Å²) in [6.07, 6.45) is 5.41. The minimum absolute atomic E-state index is 0. The predicted molar refractivity (Wildman–Crippen MR) is 128 cm³/mol. The lowest BCUT2D eigenvalue weighted by Crippen LogP contribution is -2.52. The SMILES string of the molecule is CN=C(NCCCOCCOC)N1CCN(C/C=C/c2ccccc2)CC1.I. The van der Waals surface area contributed by atoms with Gasteiger partial charge in [-0.05, 0) is 12.0 Å². The Bertz CT molecular complexity index is 561. The van der Waals surface area contributed by atoms with Crippen LogP contribution >= 0.6 is 24.0 Å². The van der Waals surface area contributed by atoms with Crippen molar-refractivity contribution in [3.63, 3.8) is 0 Å². The van der Waals surface area contributed by atoms with Gasteiger partial charge in [-0.25, -0.2) is 0 Å². The van der Waals surface area contributed by atoms with Crippen LogP contribution in [-0.4, -0.2) is 89.0 Å². The Balaban J connectivity index is 0.00000392. The molecule has 0 atom stereocenters. The molecular weight excluding hydrogens is 467 g/mol. The minimum Gasteiger partial charge on any atom is -0.382 e. The van der Waals surface area contributed by atoms with Crippen LogP contribution in [0, 0.1) is 0 Å². The molecule has 1 N–H and O–H groups in total. The first-order valence-electron chi connectivity index (χ1n) is 9.79. The fourth-order valence-corrected chi connectivity index (χ4v) is 3.00. The molecule has 1 saturated heterocycles. The molecule has 1 aliphatic rings. The number of nitrogens with one attached hydrogen (secondary N) is 1. The fourth-order valence-electron chi connectivity index (χ4n) is 3.00. The van der Waals surface area contributed by atoms with Crippen molar-refractivity contribution < 1.29 is 9.47 Å². The Labute approximate surface area is 187 Å². The average molecular weight is 502 g/mol. The molecule has 0 saturated carbocycles. The molecular formula is C21H35IN4O2. The van der Waals surface area contributed by atoms with Crippen molar-refractivity contribution in [1.82, 2.24) is 15.1 Å². The zero-order valence-corrected chi connectivity index (χ0v) is 19.5. The molecule has 2 rings (SSSR count). The fraction of sp³-hybridized carbons (Fsp3) is 0.571. The number of aliphatic imine (C=N–C) groups is 1. The molecule has 28 heavy (non-hydrogen) atoms. The summed E-state index contributed by atoms with van der Waals surface area (Å²) in [5, 5.41) is 3.44.